The monoisotopic (exact) mass is 422 g/mol. The average molecular weight is 423 g/mol. The normalized spacial score (nSPS) is 17.9. The van der Waals surface area contributed by atoms with Gasteiger partial charge in [-0.2, -0.15) is 0 Å². The lowest BCUT2D eigenvalue weighted by Gasteiger charge is -2.09. The van der Waals surface area contributed by atoms with Crippen molar-refractivity contribution in [3.63, 3.8) is 0 Å². The molecule has 0 aliphatic carbocycles. The number of aromatic nitrogens is 2. The first-order chi connectivity index (χ1) is 21.7. The SMILES string of the molecule is [2H]c1c([2H])c([2H])c2c([nH]c3c([2H])c([2H])c([2H])c(-c4c([2H])c([2H])c([2H])c5c4c4c([2H])c([2H])c([2H])c([2H])c4n5-c4ccccc4)c32)c1[2H]. The molecule has 0 unspecified atom stereocenters. The van der Waals surface area contributed by atoms with Crippen LogP contribution in [0.1, 0.15) is 19.2 Å². The van der Waals surface area contributed by atoms with E-state index in [0.717, 1.165) is 0 Å². The van der Waals surface area contributed by atoms with Gasteiger partial charge < -0.3 is 9.55 Å². The van der Waals surface area contributed by atoms with Crippen LogP contribution in [0.4, 0.5) is 0 Å². The number of hydrogen-bond acceptors (Lipinski definition) is 0. The molecule has 7 rings (SSSR count). The van der Waals surface area contributed by atoms with Gasteiger partial charge in [0.2, 0.25) is 0 Å². The number of fused-ring (bicyclic) bond motifs is 6. The third kappa shape index (κ3) is 2.35. The van der Waals surface area contributed by atoms with E-state index in [1.54, 1.807) is 30.3 Å². The molecule has 0 spiro atoms. The Hall–Kier alpha value is -4.30. The number of nitrogens with zero attached hydrogens (tertiary/aromatic N) is 1. The van der Waals surface area contributed by atoms with E-state index >= 15 is 0 Å². The van der Waals surface area contributed by atoms with E-state index in [4.69, 9.17) is 19.2 Å². The molecule has 0 saturated carbocycles. The Balaban J connectivity index is 1.88. The number of para-hydroxylation sites is 3. The first-order valence-electron chi connectivity index (χ1n) is 16.8. The van der Waals surface area contributed by atoms with E-state index in [-0.39, 0.29) is 54.7 Å². The molecule has 150 valence electrons. The highest BCUT2D eigenvalue weighted by atomic mass is 15.0. The summed E-state index contributed by atoms with van der Waals surface area (Å²) in [4.78, 5) is 2.83. The zero-order valence-corrected chi connectivity index (χ0v) is 16.3. The Morgan fingerprint density at radius 1 is 0.562 bits per heavy atom. The minimum Gasteiger partial charge on any atom is -0.354 e. The molecule has 2 nitrogen and oxygen atoms in total. The fraction of sp³-hybridized carbons (Fsp3) is 0. The van der Waals surface area contributed by atoms with Crippen LogP contribution in [0.15, 0.2) is 115 Å². The van der Waals surface area contributed by atoms with E-state index in [1.165, 1.54) is 4.57 Å². The van der Waals surface area contributed by atoms with Gasteiger partial charge in [0.15, 0.2) is 0 Å². The number of H-pyrrole nitrogens is 1. The molecule has 0 saturated heterocycles. The minimum absolute atomic E-state index is 0.0428. The van der Waals surface area contributed by atoms with Crippen molar-refractivity contribution in [1.82, 2.24) is 9.55 Å². The lowest BCUT2D eigenvalue weighted by molar-refractivity contribution is 1.18. The first-order valence-corrected chi connectivity index (χ1v) is 9.83. The fourth-order valence-corrected chi connectivity index (χ4v) is 4.25. The van der Waals surface area contributed by atoms with Crippen molar-refractivity contribution in [3.8, 4) is 16.8 Å². The van der Waals surface area contributed by atoms with Crippen molar-refractivity contribution < 1.29 is 19.2 Å². The molecule has 7 aromatic rings. The smallest absolute Gasteiger partial charge is 0.0645 e. The lowest BCUT2D eigenvalue weighted by Crippen LogP contribution is -1.92. The van der Waals surface area contributed by atoms with Crippen molar-refractivity contribution in [3.05, 3.63) is 115 Å². The van der Waals surface area contributed by atoms with Crippen molar-refractivity contribution in [2.75, 3.05) is 0 Å². The zero-order valence-electron chi connectivity index (χ0n) is 30.3. The summed E-state index contributed by atoms with van der Waals surface area (Å²) in [5, 5.41) is -0.362. The summed E-state index contributed by atoms with van der Waals surface area (Å²) in [6, 6.07) is 0.884. The van der Waals surface area contributed by atoms with Crippen LogP contribution in [0.25, 0.3) is 60.4 Å². The lowest BCUT2D eigenvalue weighted by atomic mass is 9.95. The Labute approximate surface area is 205 Å². The molecule has 2 heterocycles. The van der Waals surface area contributed by atoms with Crippen LogP contribution in [0.2, 0.25) is 0 Å². The van der Waals surface area contributed by atoms with E-state index in [1.807, 2.05) is 0 Å². The van der Waals surface area contributed by atoms with Gasteiger partial charge in [0, 0.05) is 38.3 Å². The fourth-order valence-electron chi connectivity index (χ4n) is 4.25. The second kappa shape index (κ2) is 6.60. The summed E-state index contributed by atoms with van der Waals surface area (Å²) in [5.41, 5.74) is -0.392. The van der Waals surface area contributed by atoms with E-state index < -0.39 is 84.6 Å². The minimum atomic E-state index is -0.605. The molecule has 1 N–H and O–H groups in total. The van der Waals surface area contributed by atoms with Crippen molar-refractivity contribution >= 4 is 43.6 Å². The molecular weight excluding hydrogens is 388 g/mol. The van der Waals surface area contributed by atoms with Crippen LogP contribution in [0.5, 0.6) is 0 Å². The summed E-state index contributed by atoms with van der Waals surface area (Å²) < 4.78 is 123. The highest BCUT2D eigenvalue weighted by molar-refractivity contribution is 6.21. The van der Waals surface area contributed by atoms with Crippen molar-refractivity contribution in [1.29, 1.82) is 0 Å². The number of hydrogen-bond donors (Lipinski definition) is 1. The standard InChI is InChI=1S/C30H20N2/c1-2-10-20(11-3-1)32-27-18-7-5-13-24(27)30-22(15-9-19-28(30)32)21-14-8-17-26-29(21)23-12-4-6-16-25(23)31-26/h1-19,31H/i4D,5D,6D,7D,8D,9D,12D,13D,14D,15D,16D,17D,18D,19D. The van der Waals surface area contributed by atoms with Crippen LogP contribution in [0, 0.1) is 0 Å². The van der Waals surface area contributed by atoms with Crippen LogP contribution in [-0.2, 0) is 0 Å². The highest BCUT2D eigenvalue weighted by Crippen LogP contribution is 2.42. The number of rotatable bonds is 2. The largest absolute Gasteiger partial charge is 0.354 e. The topological polar surface area (TPSA) is 20.7 Å². The molecular formula is C30H20N2. The van der Waals surface area contributed by atoms with Gasteiger partial charge in [-0.1, -0.05) is 78.6 Å². The van der Waals surface area contributed by atoms with Gasteiger partial charge in [-0.25, -0.2) is 0 Å². The van der Waals surface area contributed by atoms with Crippen LogP contribution in [-0.4, -0.2) is 9.55 Å². The molecule has 0 radical (unpaired) electrons. The quantitative estimate of drug-likeness (QED) is 0.291. The van der Waals surface area contributed by atoms with Crippen LogP contribution in [0.3, 0.4) is 0 Å². The molecule has 0 amide bonds. The van der Waals surface area contributed by atoms with E-state index in [0.29, 0.717) is 5.69 Å². The highest BCUT2D eigenvalue weighted by Gasteiger charge is 2.18. The Kier molecular flexibility index (Phi) is 1.79. The van der Waals surface area contributed by atoms with Crippen LogP contribution >= 0.6 is 0 Å². The third-order valence-corrected chi connectivity index (χ3v) is 5.55. The predicted octanol–water partition coefficient (Wildman–Crippen LogP) is 8.09. The molecule has 32 heavy (non-hydrogen) atoms. The van der Waals surface area contributed by atoms with Gasteiger partial charge in [0.05, 0.1) is 30.2 Å². The van der Waals surface area contributed by atoms with E-state index in [9.17, 15) is 0 Å². The third-order valence-electron chi connectivity index (χ3n) is 5.55. The molecule has 2 heteroatoms. The second-order valence-electron chi connectivity index (χ2n) is 7.24. The number of aromatic amines is 1. The first kappa shape index (κ1) is 8.68. The number of benzene rings is 5. The average Bonchev–Trinajstić information content (AvgIpc) is 3.62. The van der Waals surface area contributed by atoms with Crippen molar-refractivity contribution in [2.45, 2.75) is 0 Å². The zero-order chi connectivity index (χ0) is 33.3. The van der Waals surface area contributed by atoms with Crippen LogP contribution < -0.4 is 0 Å². The summed E-state index contributed by atoms with van der Waals surface area (Å²) >= 11 is 0. The maximum atomic E-state index is 9.13. The van der Waals surface area contributed by atoms with Gasteiger partial charge in [-0.15, -0.1) is 0 Å². The van der Waals surface area contributed by atoms with E-state index in [2.05, 4.69) is 4.98 Å². The Morgan fingerprint density at radius 2 is 1.22 bits per heavy atom. The summed E-state index contributed by atoms with van der Waals surface area (Å²) in [7, 11) is 0. The van der Waals surface area contributed by atoms with Gasteiger partial charge in [-0.05, 0) is 47.4 Å². The van der Waals surface area contributed by atoms with Gasteiger partial charge in [0.1, 0.15) is 0 Å². The number of nitrogens with one attached hydrogen (secondary N) is 1. The Bertz CT molecular complexity index is 2520. The molecule has 0 bridgehead atoms. The maximum absolute atomic E-state index is 9.13. The summed E-state index contributed by atoms with van der Waals surface area (Å²) in [6.07, 6.45) is 0. The molecule has 0 aliphatic heterocycles. The summed E-state index contributed by atoms with van der Waals surface area (Å²) in [5.74, 6) is 0. The van der Waals surface area contributed by atoms with Crippen molar-refractivity contribution in [2.24, 2.45) is 0 Å². The second-order valence-corrected chi connectivity index (χ2v) is 7.24. The predicted molar refractivity (Wildman–Crippen MR) is 136 cm³/mol. The Morgan fingerprint density at radius 3 is 2.09 bits per heavy atom. The molecule has 0 fully saturated rings. The van der Waals surface area contributed by atoms with Gasteiger partial charge in [0.25, 0.3) is 0 Å². The molecule has 0 atom stereocenters. The van der Waals surface area contributed by atoms with Gasteiger partial charge >= 0.3 is 0 Å². The molecule has 5 aromatic carbocycles. The molecule has 0 aliphatic rings. The molecule has 2 aromatic heterocycles. The maximum Gasteiger partial charge on any atom is 0.0645 e. The summed E-state index contributed by atoms with van der Waals surface area (Å²) in [6.45, 7) is 0. The van der Waals surface area contributed by atoms with Gasteiger partial charge in [-0.3, -0.25) is 0 Å².